The molecule has 0 unspecified atom stereocenters. The fraction of sp³-hybridized carbons (Fsp3) is 0.467. The van der Waals surface area contributed by atoms with Crippen molar-refractivity contribution in [2.24, 2.45) is 5.92 Å². The quantitative estimate of drug-likeness (QED) is 0.792. The highest BCUT2D eigenvalue weighted by Gasteiger charge is 2.18. The standard InChI is InChI=1S/C15H18ClN3OS/c1-11-3-2-8-18(9-11)10-19-15(21)20-14(17-19)12-4-6-13(16)7-5-12/h4-7,11H,2-3,8-10H2,1H3/t11-/m1/s1. The minimum atomic E-state index is 0.415. The molecule has 0 aliphatic carbocycles. The number of piperidine rings is 1. The molecule has 112 valence electrons. The van der Waals surface area contributed by atoms with Crippen molar-refractivity contribution in [2.75, 3.05) is 13.1 Å². The Labute approximate surface area is 134 Å². The van der Waals surface area contributed by atoms with Crippen LogP contribution in [0.1, 0.15) is 19.8 Å². The van der Waals surface area contributed by atoms with Crippen LogP contribution in [-0.2, 0) is 6.67 Å². The zero-order valence-corrected chi connectivity index (χ0v) is 13.5. The van der Waals surface area contributed by atoms with E-state index in [1.807, 2.05) is 24.3 Å². The maximum Gasteiger partial charge on any atom is 0.288 e. The second-order valence-corrected chi connectivity index (χ2v) is 6.43. The molecule has 1 aromatic carbocycles. The van der Waals surface area contributed by atoms with Crippen LogP contribution in [0.15, 0.2) is 28.7 Å². The number of hydrogen-bond acceptors (Lipinski definition) is 4. The van der Waals surface area contributed by atoms with Gasteiger partial charge >= 0.3 is 0 Å². The van der Waals surface area contributed by atoms with Crippen molar-refractivity contribution >= 4 is 23.8 Å². The second kappa shape index (κ2) is 6.30. The number of aromatic nitrogens is 2. The van der Waals surface area contributed by atoms with E-state index in [1.54, 1.807) is 4.68 Å². The Morgan fingerprint density at radius 1 is 1.38 bits per heavy atom. The van der Waals surface area contributed by atoms with Crippen LogP contribution in [0.25, 0.3) is 11.5 Å². The van der Waals surface area contributed by atoms with Gasteiger partial charge in [0, 0.05) is 17.1 Å². The Morgan fingerprint density at radius 3 is 2.86 bits per heavy atom. The zero-order chi connectivity index (χ0) is 14.8. The monoisotopic (exact) mass is 323 g/mol. The summed E-state index contributed by atoms with van der Waals surface area (Å²) in [6.45, 7) is 5.16. The zero-order valence-electron chi connectivity index (χ0n) is 12.0. The lowest BCUT2D eigenvalue weighted by Crippen LogP contribution is -2.36. The highest BCUT2D eigenvalue weighted by atomic mass is 35.5. The van der Waals surface area contributed by atoms with Crippen LogP contribution in [0.5, 0.6) is 0 Å². The predicted octanol–water partition coefficient (Wildman–Crippen LogP) is 4.22. The van der Waals surface area contributed by atoms with Gasteiger partial charge in [0.15, 0.2) is 0 Å². The van der Waals surface area contributed by atoms with Gasteiger partial charge in [-0.15, -0.1) is 5.10 Å². The number of halogens is 1. The first-order chi connectivity index (χ1) is 10.1. The smallest absolute Gasteiger partial charge is 0.288 e. The average Bonchev–Trinajstić information content (AvgIpc) is 2.81. The van der Waals surface area contributed by atoms with Gasteiger partial charge < -0.3 is 4.42 Å². The molecular weight excluding hydrogens is 306 g/mol. The molecule has 1 aliphatic heterocycles. The molecule has 1 aliphatic rings. The van der Waals surface area contributed by atoms with Gasteiger partial charge in [-0.3, -0.25) is 4.90 Å². The molecule has 4 nitrogen and oxygen atoms in total. The first kappa shape index (κ1) is 14.8. The van der Waals surface area contributed by atoms with Gasteiger partial charge in [0.2, 0.25) is 5.89 Å². The van der Waals surface area contributed by atoms with Crippen LogP contribution < -0.4 is 0 Å². The van der Waals surface area contributed by atoms with E-state index in [2.05, 4.69) is 16.9 Å². The summed E-state index contributed by atoms with van der Waals surface area (Å²) in [5.41, 5.74) is 0.885. The summed E-state index contributed by atoms with van der Waals surface area (Å²) in [4.78, 5) is 2.79. The molecule has 1 fully saturated rings. The molecule has 0 saturated carbocycles. The third-order valence-electron chi connectivity index (χ3n) is 3.77. The fourth-order valence-electron chi connectivity index (χ4n) is 2.71. The molecule has 0 radical (unpaired) electrons. The van der Waals surface area contributed by atoms with Crippen LogP contribution in [0.3, 0.4) is 0 Å². The lowest BCUT2D eigenvalue weighted by atomic mass is 10.0. The van der Waals surface area contributed by atoms with E-state index >= 15 is 0 Å². The first-order valence-electron chi connectivity index (χ1n) is 7.18. The predicted molar refractivity (Wildman–Crippen MR) is 85.7 cm³/mol. The summed E-state index contributed by atoms with van der Waals surface area (Å²) in [7, 11) is 0. The Morgan fingerprint density at radius 2 is 2.14 bits per heavy atom. The van der Waals surface area contributed by atoms with E-state index in [0.717, 1.165) is 24.6 Å². The SMILES string of the molecule is C[C@@H]1CCCN(Cn2nc(-c3ccc(Cl)cc3)oc2=S)C1. The van der Waals surface area contributed by atoms with Crippen LogP contribution in [-0.4, -0.2) is 27.8 Å². The average molecular weight is 324 g/mol. The fourth-order valence-corrected chi connectivity index (χ4v) is 3.01. The number of rotatable bonds is 3. The minimum absolute atomic E-state index is 0.415. The number of likely N-dealkylation sites (tertiary alicyclic amines) is 1. The summed E-state index contributed by atoms with van der Waals surface area (Å²) in [6, 6.07) is 7.41. The number of benzene rings is 1. The summed E-state index contributed by atoms with van der Waals surface area (Å²) >= 11 is 11.2. The number of hydrogen-bond donors (Lipinski definition) is 0. The first-order valence-corrected chi connectivity index (χ1v) is 7.96. The summed E-state index contributed by atoms with van der Waals surface area (Å²) in [5.74, 6) is 1.28. The molecule has 2 heterocycles. The van der Waals surface area contributed by atoms with Crippen molar-refractivity contribution < 1.29 is 4.42 Å². The highest BCUT2D eigenvalue weighted by Crippen LogP contribution is 2.21. The van der Waals surface area contributed by atoms with E-state index < -0.39 is 0 Å². The molecule has 0 bridgehead atoms. The maximum atomic E-state index is 5.89. The molecule has 1 atom stereocenters. The minimum Gasteiger partial charge on any atom is -0.409 e. The lowest BCUT2D eigenvalue weighted by Gasteiger charge is -2.30. The van der Waals surface area contributed by atoms with Gasteiger partial charge in [-0.05, 0) is 61.8 Å². The van der Waals surface area contributed by atoms with Gasteiger partial charge in [0.05, 0.1) is 6.67 Å². The molecule has 0 amide bonds. The Balaban J connectivity index is 1.78. The Kier molecular flexibility index (Phi) is 4.42. The molecule has 0 N–H and O–H groups in total. The molecule has 6 heteroatoms. The Hall–Kier alpha value is -1.17. The van der Waals surface area contributed by atoms with Crippen LogP contribution in [0.2, 0.25) is 5.02 Å². The molecule has 21 heavy (non-hydrogen) atoms. The van der Waals surface area contributed by atoms with Gasteiger partial charge in [-0.25, -0.2) is 4.68 Å². The van der Waals surface area contributed by atoms with E-state index in [1.165, 1.54) is 12.8 Å². The van der Waals surface area contributed by atoms with Crippen LogP contribution in [0.4, 0.5) is 0 Å². The third-order valence-corrected chi connectivity index (χ3v) is 4.32. The third kappa shape index (κ3) is 3.54. The summed E-state index contributed by atoms with van der Waals surface area (Å²) in [6.07, 6.45) is 2.53. The summed E-state index contributed by atoms with van der Waals surface area (Å²) in [5, 5.41) is 5.18. The van der Waals surface area contributed by atoms with Crippen molar-refractivity contribution in [3.8, 4) is 11.5 Å². The van der Waals surface area contributed by atoms with E-state index in [9.17, 15) is 0 Å². The molecule has 2 aromatic rings. The van der Waals surface area contributed by atoms with Crippen molar-refractivity contribution in [3.05, 3.63) is 34.1 Å². The van der Waals surface area contributed by atoms with Gasteiger partial charge in [-0.2, -0.15) is 0 Å². The lowest BCUT2D eigenvalue weighted by molar-refractivity contribution is 0.136. The van der Waals surface area contributed by atoms with Gasteiger partial charge in [0.1, 0.15) is 0 Å². The molecule has 0 spiro atoms. The van der Waals surface area contributed by atoms with Crippen molar-refractivity contribution in [1.29, 1.82) is 0 Å². The normalized spacial score (nSPS) is 19.8. The van der Waals surface area contributed by atoms with Gasteiger partial charge in [-0.1, -0.05) is 18.5 Å². The van der Waals surface area contributed by atoms with Crippen molar-refractivity contribution in [2.45, 2.75) is 26.4 Å². The van der Waals surface area contributed by atoms with Crippen molar-refractivity contribution in [3.63, 3.8) is 0 Å². The van der Waals surface area contributed by atoms with E-state index in [-0.39, 0.29) is 0 Å². The van der Waals surface area contributed by atoms with Crippen molar-refractivity contribution in [1.82, 2.24) is 14.7 Å². The van der Waals surface area contributed by atoms with Gasteiger partial charge in [0.25, 0.3) is 4.84 Å². The second-order valence-electron chi connectivity index (χ2n) is 5.65. The highest BCUT2D eigenvalue weighted by molar-refractivity contribution is 7.71. The molecule has 3 rings (SSSR count). The Bertz CT molecular complexity index is 664. The summed E-state index contributed by atoms with van der Waals surface area (Å²) < 4.78 is 7.37. The maximum absolute atomic E-state index is 5.89. The van der Waals surface area contributed by atoms with E-state index in [0.29, 0.717) is 22.4 Å². The number of nitrogens with zero attached hydrogens (tertiary/aromatic N) is 3. The largest absolute Gasteiger partial charge is 0.409 e. The van der Waals surface area contributed by atoms with Crippen LogP contribution >= 0.6 is 23.8 Å². The molecular formula is C15H18ClN3OS. The molecule has 1 aromatic heterocycles. The topological polar surface area (TPSA) is 34.2 Å². The molecule has 1 saturated heterocycles. The van der Waals surface area contributed by atoms with E-state index in [4.69, 9.17) is 28.2 Å². The van der Waals surface area contributed by atoms with Crippen LogP contribution in [0, 0.1) is 10.8 Å².